The first kappa shape index (κ1) is 13.1. The molecule has 0 aromatic carbocycles. The molecule has 3 heteroatoms. The zero-order valence-corrected chi connectivity index (χ0v) is 12.0. The summed E-state index contributed by atoms with van der Waals surface area (Å²) in [6.07, 6.45) is 7.95. The minimum absolute atomic E-state index is 0.0415. The largest absolute Gasteiger partial charge is 0.377 e. The average molecular weight is 260 g/mol. The maximum atomic E-state index is 5.93. The van der Waals surface area contributed by atoms with Gasteiger partial charge < -0.3 is 10.1 Å². The fraction of sp³-hybridized carbons (Fsp3) is 0.688. The van der Waals surface area contributed by atoms with Crippen LogP contribution in [0.1, 0.15) is 49.8 Å². The third kappa shape index (κ3) is 2.09. The lowest BCUT2D eigenvalue weighted by Crippen LogP contribution is -2.58. The summed E-state index contributed by atoms with van der Waals surface area (Å²) in [5, 5.41) is 3.69. The summed E-state index contributed by atoms with van der Waals surface area (Å²) in [7, 11) is 1.87. The molecule has 3 rings (SSSR count). The Labute approximate surface area is 115 Å². The molecule has 0 bridgehead atoms. The van der Waals surface area contributed by atoms with Gasteiger partial charge >= 0.3 is 0 Å². The van der Waals surface area contributed by atoms with Crippen LogP contribution in [0, 0.1) is 0 Å². The molecule has 1 fully saturated rings. The Bertz CT molecular complexity index is 437. The Balaban J connectivity index is 1.89. The first-order valence-corrected chi connectivity index (χ1v) is 7.53. The Hall–Kier alpha value is -0.930. The molecule has 3 nitrogen and oxygen atoms in total. The van der Waals surface area contributed by atoms with Crippen molar-refractivity contribution in [3.05, 3.63) is 29.6 Å². The van der Waals surface area contributed by atoms with Gasteiger partial charge in [-0.1, -0.05) is 13.0 Å². The van der Waals surface area contributed by atoms with Crippen molar-refractivity contribution >= 4 is 0 Å². The maximum absolute atomic E-state index is 5.93. The van der Waals surface area contributed by atoms with Crippen LogP contribution in [0.15, 0.2) is 18.3 Å². The summed E-state index contributed by atoms with van der Waals surface area (Å²) < 4.78 is 5.93. The normalized spacial score (nSPS) is 25.7. The number of likely N-dealkylation sites (N-methyl/N-ethyl adjacent to an activating group) is 1. The van der Waals surface area contributed by atoms with Crippen molar-refractivity contribution < 1.29 is 4.74 Å². The van der Waals surface area contributed by atoms with Gasteiger partial charge in [-0.15, -0.1) is 0 Å². The van der Waals surface area contributed by atoms with Crippen LogP contribution in [0.5, 0.6) is 0 Å². The van der Waals surface area contributed by atoms with Gasteiger partial charge in [-0.2, -0.15) is 0 Å². The zero-order chi connectivity index (χ0) is 13.3. The molecule has 0 aliphatic heterocycles. The summed E-state index contributed by atoms with van der Waals surface area (Å²) in [6, 6.07) is 4.69. The standard InChI is InChI=1S/C16H24N2O/c1-3-17-15(16(19-2)9-5-10-16)13-8-7-12-6-4-11-18-14(12)13/h4,6,11,13,15,17H,3,5,7-10H2,1-2H3. The van der Waals surface area contributed by atoms with E-state index in [-0.39, 0.29) is 5.60 Å². The lowest BCUT2D eigenvalue weighted by atomic mass is 9.69. The molecule has 1 N–H and O–H groups in total. The molecule has 19 heavy (non-hydrogen) atoms. The van der Waals surface area contributed by atoms with E-state index in [4.69, 9.17) is 4.74 Å². The first-order chi connectivity index (χ1) is 9.30. The molecule has 1 aromatic heterocycles. The first-order valence-electron chi connectivity index (χ1n) is 7.53. The van der Waals surface area contributed by atoms with Crippen LogP contribution in [0.2, 0.25) is 0 Å². The number of aromatic nitrogens is 1. The Kier molecular flexibility index (Phi) is 3.59. The second-order valence-electron chi connectivity index (χ2n) is 5.85. The van der Waals surface area contributed by atoms with Crippen LogP contribution in [-0.2, 0) is 11.2 Å². The predicted molar refractivity (Wildman–Crippen MR) is 76.4 cm³/mol. The van der Waals surface area contributed by atoms with Crippen LogP contribution < -0.4 is 5.32 Å². The van der Waals surface area contributed by atoms with Crippen molar-refractivity contribution in [3.8, 4) is 0 Å². The highest BCUT2D eigenvalue weighted by molar-refractivity contribution is 5.31. The summed E-state index contributed by atoms with van der Waals surface area (Å²) in [6.45, 7) is 3.18. The minimum Gasteiger partial charge on any atom is -0.377 e. The molecule has 0 spiro atoms. The highest BCUT2D eigenvalue weighted by Crippen LogP contribution is 2.46. The Morgan fingerprint density at radius 1 is 1.53 bits per heavy atom. The number of hydrogen-bond acceptors (Lipinski definition) is 3. The van der Waals surface area contributed by atoms with Crippen LogP contribution in [0.25, 0.3) is 0 Å². The number of methoxy groups -OCH3 is 1. The number of nitrogens with zero attached hydrogens (tertiary/aromatic N) is 1. The van der Waals surface area contributed by atoms with Crippen molar-refractivity contribution in [2.75, 3.05) is 13.7 Å². The third-order valence-electron chi connectivity index (χ3n) is 5.00. The molecule has 2 aliphatic carbocycles. The van der Waals surface area contributed by atoms with E-state index in [2.05, 4.69) is 29.4 Å². The fourth-order valence-corrected chi connectivity index (χ4v) is 3.85. The van der Waals surface area contributed by atoms with Gasteiger partial charge in [0.1, 0.15) is 0 Å². The molecule has 2 unspecified atom stereocenters. The van der Waals surface area contributed by atoms with Crippen LogP contribution >= 0.6 is 0 Å². The predicted octanol–water partition coefficient (Wildman–Crippen LogP) is 2.66. The van der Waals surface area contributed by atoms with E-state index in [1.807, 2.05) is 13.3 Å². The second-order valence-corrected chi connectivity index (χ2v) is 5.85. The molecule has 0 saturated heterocycles. The van der Waals surface area contributed by atoms with E-state index in [9.17, 15) is 0 Å². The molecule has 104 valence electrons. The summed E-state index contributed by atoms with van der Waals surface area (Å²) in [5.74, 6) is 0.511. The number of aryl methyl sites for hydroxylation is 1. The Morgan fingerprint density at radius 3 is 3.00 bits per heavy atom. The summed E-state index contributed by atoms with van der Waals surface area (Å²) >= 11 is 0. The molecule has 1 saturated carbocycles. The van der Waals surface area contributed by atoms with Gasteiger partial charge in [0.2, 0.25) is 0 Å². The van der Waals surface area contributed by atoms with Crippen LogP contribution in [-0.4, -0.2) is 30.3 Å². The highest BCUT2D eigenvalue weighted by Gasteiger charge is 2.49. The molecular weight excluding hydrogens is 236 g/mol. The van der Waals surface area contributed by atoms with Crippen LogP contribution in [0.4, 0.5) is 0 Å². The van der Waals surface area contributed by atoms with Crippen molar-refractivity contribution in [3.63, 3.8) is 0 Å². The monoisotopic (exact) mass is 260 g/mol. The van der Waals surface area contributed by atoms with Gasteiger partial charge in [-0.05, 0) is 50.3 Å². The van der Waals surface area contributed by atoms with E-state index in [1.54, 1.807) is 0 Å². The van der Waals surface area contributed by atoms with Gasteiger partial charge in [0.15, 0.2) is 0 Å². The van der Waals surface area contributed by atoms with E-state index in [0.717, 1.165) is 13.0 Å². The number of rotatable bonds is 5. The SMILES string of the molecule is CCNC(C1CCc2cccnc21)C1(OC)CCC1. The Morgan fingerprint density at radius 2 is 2.37 bits per heavy atom. The number of ether oxygens (including phenoxy) is 1. The quantitative estimate of drug-likeness (QED) is 0.884. The average Bonchev–Trinajstić information content (AvgIpc) is 2.81. The smallest absolute Gasteiger partial charge is 0.0837 e. The van der Waals surface area contributed by atoms with Crippen molar-refractivity contribution in [1.29, 1.82) is 0 Å². The molecule has 2 atom stereocenters. The van der Waals surface area contributed by atoms with Gasteiger partial charge in [0.05, 0.1) is 5.60 Å². The van der Waals surface area contributed by atoms with Crippen molar-refractivity contribution in [2.24, 2.45) is 0 Å². The van der Waals surface area contributed by atoms with E-state index in [1.165, 1.54) is 36.9 Å². The lowest BCUT2D eigenvalue weighted by molar-refractivity contribution is -0.104. The topological polar surface area (TPSA) is 34.2 Å². The molecule has 2 aliphatic rings. The van der Waals surface area contributed by atoms with Crippen molar-refractivity contribution in [2.45, 2.75) is 56.6 Å². The zero-order valence-electron chi connectivity index (χ0n) is 12.0. The van der Waals surface area contributed by atoms with E-state index >= 15 is 0 Å². The number of fused-ring (bicyclic) bond motifs is 1. The number of nitrogens with one attached hydrogen (secondary N) is 1. The third-order valence-corrected chi connectivity index (χ3v) is 5.00. The summed E-state index contributed by atoms with van der Waals surface area (Å²) in [5.41, 5.74) is 2.78. The lowest BCUT2D eigenvalue weighted by Gasteiger charge is -2.49. The second kappa shape index (κ2) is 5.22. The number of hydrogen-bond donors (Lipinski definition) is 1. The maximum Gasteiger partial charge on any atom is 0.0837 e. The van der Waals surface area contributed by atoms with Crippen LogP contribution in [0.3, 0.4) is 0 Å². The minimum atomic E-state index is 0.0415. The van der Waals surface area contributed by atoms with E-state index in [0.29, 0.717) is 12.0 Å². The van der Waals surface area contributed by atoms with Gasteiger partial charge in [-0.3, -0.25) is 4.98 Å². The fourth-order valence-electron chi connectivity index (χ4n) is 3.85. The van der Waals surface area contributed by atoms with Gasteiger partial charge in [0.25, 0.3) is 0 Å². The highest BCUT2D eigenvalue weighted by atomic mass is 16.5. The van der Waals surface area contributed by atoms with Gasteiger partial charge in [-0.25, -0.2) is 0 Å². The molecule has 1 aromatic rings. The molecular formula is C16H24N2O. The molecule has 0 radical (unpaired) electrons. The molecule has 0 amide bonds. The van der Waals surface area contributed by atoms with Crippen molar-refractivity contribution in [1.82, 2.24) is 10.3 Å². The molecule has 1 heterocycles. The number of pyridine rings is 1. The summed E-state index contributed by atoms with van der Waals surface area (Å²) in [4.78, 5) is 4.65. The van der Waals surface area contributed by atoms with E-state index < -0.39 is 0 Å². The van der Waals surface area contributed by atoms with Gasteiger partial charge in [0, 0.05) is 31.0 Å².